The molecule has 28 heavy (non-hydrogen) atoms. The molecule has 7 heteroatoms. The minimum absolute atomic E-state index is 0.00142. The van der Waals surface area contributed by atoms with Crippen LogP contribution in [0.5, 0.6) is 0 Å². The Morgan fingerprint density at radius 2 is 1.93 bits per heavy atom. The summed E-state index contributed by atoms with van der Waals surface area (Å²) in [6.07, 6.45) is 0. The summed E-state index contributed by atoms with van der Waals surface area (Å²) in [5, 5.41) is 6.96. The zero-order valence-electron chi connectivity index (χ0n) is 15.5. The molecule has 1 aromatic heterocycles. The van der Waals surface area contributed by atoms with Crippen molar-refractivity contribution >= 4 is 6.03 Å². The smallest absolute Gasteiger partial charge is 0.317 e. The molecule has 0 bridgehead atoms. The highest BCUT2D eigenvalue weighted by Crippen LogP contribution is 2.32. The third-order valence-corrected chi connectivity index (χ3v) is 5.05. The zero-order chi connectivity index (χ0) is 19.5. The van der Waals surface area contributed by atoms with Crippen molar-refractivity contribution < 1.29 is 13.7 Å². The maximum atomic E-state index is 13.0. The monoisotopic (exact) mass is 380 g/mol. The van der Waals surface area contributed by atoms with Crippen LogP contribution in [0.25, 0.3) is 11.4 Å². The van der Waals surface area contributed by atoms with Gasteiger partial charge in [0.2, 0.25) is 11.7 Å². The van der Waals surface area contributed by atoms with Gasteiger partial charge in [-0.05, 0) is 23.6 Å². The number of hydrogen-bond donors (Lipinski definition) is 1. The van der Waals surface area contributed by atoms with Gasteiger partial charge in [0.1, 0.15) is 5.82 Å². The van der Waals surface area contributed by atoms with Crippen molar-refractivity contribution in [1.82, 2.24) is 20.4 Å². The number of benzene rings is 2. The maximum absolute atomic E-state index is 13.0. The predicted octanol–water partition coefficient (Wildman–Crippen LogP) is 3.82. The van der Waals surface area contributed by atoms with E-state index < -0.39 is 0 Å². The molecule has 2 unspecified atom stereocenters. The van der Waals surface area contributed by atoms with Gasteiger partial charge in [0.25, 0.3) is 0 Å². The van der Waals surface area contributed by atoms with Gasteiger partial charge in [-0.25, -0.2) is 9.18 Å². The van der Waals surface area contributed by atoms with Crippen molar-refractivity contribution in [2.24, 2.45) is 5.92 Å². The molecule has 144 valence electrons. The van der Waals surface area contributed by atoms with E-state index >= 15 is 0 Å². The van der Waals surface area contributed by atoms with Gasteiger partial charge >= 0.3 is 6.03 Å². The first kappa shape index (κ1) is 18.2. The third-order valence-electron chi connectivity index (χ3n) is 5.05. The number of hydrogen-bond acceptors (Lipinski definition) is 4. The Labute approximate surface area is 162 Å². The lowest BCUT2D eigenvalue weighted by Gasteiger charge is -2.17. The number of carbonyl (C=O) groups is 1. The Kier molecular flexibility index (Phi) is 5.06. The van der Waals surface area contributed by atoms with Crippen LogP contribution in [0, 0.1) is 11.7 Å². The zero-order valence-corrected chi connectivity index (χ0v) is 15.5. The summed E-state index contributed by atoms with van der Waals surface area (Å²) < 4.78 is 18.5. The van der Waals surface area contributed by atoms with E-state index in [9.17, 15) is 9.18 Å². The Bertz CT molecular complexity index is 943. The predicted molar refractivity (Wildman–Crippen MR) is 102 cm³/mol. The van der Waals surface area contributed by atoms with Crippen LogP contribution in [0.1, 0.15) is 24.3 Å². The summed E-state index contributed by atoms with van der Waals surface area (Å²) in [6.45, 7) is 3.56. The minimum atomic E-state index is -0.291. The van der Waals surface area contributed by atoms with Crippen molar-refractivity contribution in [2.45, 2.75) is 19.4 Å². The molecule has 2 atom stereocenters. The molecule has 1 fully saturated rings. The normalized spacial score (nSPS) is 19.0. The van der Waals surface area contributed by atoms with Crippen molar-refractivity contribution in [1.29, 1.82) is 0 Å². The van der Waals surface area contributed by atoms with Crippen LogP contribution < -0.4 is 5.32 Å². The summed E-state index contributed by atoms with van der Waals surface area (Å²) in [6, 6.07) is 15.6. The number of nitrogens with one attached hydrogen (secondary N) is 1. The van der Waals surface area contributed by atoms with E-state index in [0.29, 0.717) is 31.3 Å². The number of carbonyl (C=O) groups excluding carboxylic acids is 1. The van der Waals surface area contributed by atoms with Crippen LogP contribution in [0.2, 0.25) is 0 Å². The van der Waals surface area contributed by atoms with Gasteiger partial charge in [-0.3, -0.25) is 0 Å². The second-order valence-corrected chi connectivity index (χ2v) is 7.10. The van der Waals surface area contributed by atoms with Crippen LogP contribution in [-0.2, 0) is 6.54 Å². The average Bonchev–Trinajstić information content (AvgIpc) is 3.35. The number of halogens is 1. The Hall–Kier alpha value is -3.22. The van der Waals surface area contributed by atoms with Crippen LogP contribution in [-0.4, -0.2) is 34.2 Å². The maximum Gasteiger partial charge on any atom is 0.317 e. The van der Waals surface area contributed by atoms with E-state index in [4.69, 9.17) is 4.52 Å². The standard InChI is InChI=1S/C21H21FN4O2/c1-14-12-26(21(27)23-11-15-7-9-17(22)10-8-15)13-18(14)20-24-19(25-28-20)16-5-3-2-4-6-16/h2-10,14,18H,11-13H2,1H3,(H,23,27). The summed E-state index contributed by atoms with van der Waals surface area (Å²) in [5.74, 6) is 1.03. The largest absolute Gasteiger partial charge is 0.339 e. The molecule has 0 spiro atoms. The highest BCUT2D eigenvalue weighted by molar-refractivity contribution is 5.74. The lowest BCUT2D eigenvalue weighted by atomic mass is 9.98. The number of aromatic nitrogens is 2. The highest BCUT2D eigenvalue weighted by Gasteiger charge is 2.37. The fraction of sp³-hybridized carbons (Fsp3) is 0.286. The topological polar surface area (TPSA) is 71.3 Å². The summed E-state index contributed by atoms with van der Waals surface area (Å²) in [5.41, 5.74) is 1.75. The molecule has 6 nitrogen and oxygen atoms in total. The van der Waals surface area contributed by atoms with Crippen molar-refractivity contribution in [3.8, 4) is 11.4 Å². The summed E-state index contributed by atoms with van der Waals surface area (Å²) in [4.78, 5) is 18.8. The van der Waals surface area contributed by atoms with Gasteiger partial charge in [-0.2, -0.15) is 4.98 Å². The van der Waals surface area contributed by atoms with Gasteiger partial charge in [0.05, 0.1) is 5.92 Å². The Morgan fingerprint density at radius 3 is 2.68 bits per heavy atom. The fourth-order valence-corrected chi connectivity index (χ4v) is 3.44. The molecule has 1 aliphatic rings. The van der Waals surface area contributed by atoms with E-state index in [-0.39, 0.29) is 23.7 Å². The average molecular weight is 380 g/mol. The lowest BCUT2D eigenvalue weighted by molar-refractivity contribution is 0.206. The van der Waals surface area contributed by atoms with Crippen LogP contribution >= 0.6 is 0 Å². The number of urea groups is 1. The summed E-state index contributed by atoms with van der Waals surface area (Å²) in [7, 11) is 0. The van der Waals surface area contributed by atoms with E-state index in [1.807, 2.05) is 30.3 Å². The van der Waals surface area contributed by atoms with Gasteiger partial charge in [0.15, 0.2) is 0 Å². The molecule has 1 saturated heterocycles. The first-order valence-electron chi connectivity index (χ1n) is 9.26. The second kappa shape index (κ2) is 7.80. The van der Waals surface area contributed by atoms with Gasteiger partial charge in [0, 0.05) is 25.2 Å². The summed E-state index contributed by atoms with van der Waals surface area (Å²) >= 11 is 0. The van der Waals surface area contributed by atoms with Crippen LogP contribution in [0.4, 0.5) is 9.18 Å². The number of likely N-dealkylation sites (tertiary alicyclic amines) is 1. The quantitative estimate of drug-likeness (QED) is 0.747. The molecular formula is C21H21FN4O2. The molecule has 2 amide bonds. The molecule has 2 aromatic carbocycles. The lowest BCUT2D eigenvalue weighted by Crippen LogP contribution is -2.38. The van der Waals surface area contributed by atoms with Gasteiger partial charge in [-0.15, -0.1) is 0 Å². The molecule has 0 aliphatic carbocycles. The molecule has 4 rings (SSSR count). The van der Waals surface area contributed by atoms with Crippen LogP contribution in [0.3, 0.4) is 0 Å². The molecule has 3 aromatic rings. The second-order valence-electron chi connectivity index (χ2n) is 7.10. The molecule has 0 saturated carbocycles. The van der Waals surface area contributed by atoms with E-state index in [1.54, 1.807) is 17.0 Å². The molecule has 0 radical (unpaired) electrons. The molecule has 2 heterocycles. The van der Waals surface area contributed by atoms with E-state index in [1.165, 1.54) is 12.1 Å². The van der Waals surface area contributed by atoms with Gasteiger partial charge in [-0.1, -0.05) is 54.5 Å². The molecular weight excluding hydrogens is 359 g/mol. The molecule has 1 N–H and O–H groups in total. The minimum Gasteiger partial charge on any atom is -0.339 e. The number of amides is 2. The van der Waals surface area contributed by atoms with Crippen molar-refractivity contribution in [2.75, 3.05) is 13.1 Å². The van der Waals surface area contributed by atoms with Crippen LogP contribution in [0.15, 0.2) is 59.1 Å². The van der Waals surface area contributed by atoms with E-state index in [2.05, 4.69) is 22.4 Å². The first-order chi connectivity index (χ1) is 13.6. The Balaban J connectivity index is 1.38. The van der Waals surface area contributed by atoms with Crippen molar-refractivity contribution in [3.05, 3.63) is 71.9 Å². The van der Waals surface area contributed by atoms with E-state index in [0.717, 1.165) is 11.1 Å². The highest BCUT2D eigenvalue weighted by atomic mass is 19.1. The Morgan fingerprint density at radius 1 is 1.18 bits per heavy atom. The van der Waals surface area contributed by atoms with Crippen molar-refractivity contribution in [3.63, 3.8) is 0 Å². The fourth-order valence-electron chi connectivity index (χ4n) is 3.44. The SMILES string of the molecule is CC1CN(C(=O)NCc2ccc(F)cc2)CC1c1nc(-c2ccccc2)no1. The molecule has 1 aliphatic heterocycles. The number of nitrogens with zero attached hydrogens (tertiary/aromatic N) is 3. The number of rotatable bonds is 4. The van der Waals surface area contributed by atoms with Gasteiger partial charge < -0.3 is 14.7 Å². The third kappa shape index (κ3) is 3.88. The first-order valence-corrected chi connectivity index (χ1v) is 9.26.